The van der Waals surface area contributed by atoms with Crippen LogP contribution >= 0.6 is 0 Å². The number of aromatic nitrogens is 1. The molecule has 0 unspecified atom stereocenters. The molecule has 8 heteroatoms. The first-order valence-corrected chi connectivity index (χ1v) is 7.93. The average molecular weight is 321 g/mol. The number of pyridine rings is 1. The van der Waals surface area contributed by atoms with E-state index in [0.717, 1.165) is 17.5 Å². The predicted octanol–water partition coefficient (Wildman–Crippen LogP) is 3.00. The van der Waals surface area contributed by atoms with Crippen LogP contribution in [0.5, 0.6) is 5.88 Å². The summed E-state index contributed by atoms with van der Waals surface area (Å²) in [5, 5.41) is 0. The van der Waals surface area contributed by atoms with Gasteiger partial charge in [-0.15, -0.1) is 0 Å². The third-order valence-electron chi connectivity index (χ3n) is 4.79. The van der Waals surface area contributed by atoms with E-state index < -0.39 is 21.5 Å². The number of rotatable bonds is 2. The van der Waals surface area contributed by atoms with Crippen molar-refractivity contribution in [1.29, 1.82) is 0 Å². The van der Waals surface area contributed by atoms with Crippen molar-refractivity contribution >= 4 is 10.1 Å². The highest BCUT2D eigenvalue weighted by atomic mass is 32.2. The normalized spacial score (nSPS) is 26.7. The molecule has 4 rings (SSSR count). The monoisotopic (exact) mass is 321 g/mol. The summed E-state index contributed by atoms with van der Waals surface area (Å²) in [6.07, 6.45) is 3.20. The van der Waals surface area contributed by atoms with Gasteiger partial charge in [-0.2, -0.15) is 21.6 Å². The molecule has 2 atom stereocenters. The van der Waals surface area contributed by atoms with Crippen LogP contribution < -0.4 is 4.18 Å². The van der Waals surface area contributed by atoms with Crippen molar-refractivity contribution in [2.75, 3.05) is 0 Å². The molecule has 1 saturated carbocycles. The molecule has 4 nitrogen and oxygen atoms in total. The zero-order valence-corrected chi connectivity index (χ0v) is 12.3. The smallest absolute Gasteiger partial charge is 0.355 e. The Morgan fingerprint density at radius 3 is 2.62 bits per heavy atom. The van der Waals surface area contributed by atoms with Gasteiger partial charge in [-0.3, -0.25) is 0 Å². The van der Waals surface area contributed by atoms with Crippen molar-refractivity contribution in [3.8, 4) is 5.88 Å². The minimum absolute atomic E-state index is 0.162. The van der Waals surface area contributed by atoms with Crippen molar-refractivity contribution < 1.29 is 25.8 Å². The molecule has 0 radical (unpaired) electrons. The van der Waals surface area contributed by atoms with E-state index in [-0.39, 0.29) is 5.41 Å². The first kappa shape index (κ1) is 14.6. The first-order chi connectivity index (χ1) is 9.52. The van der Waals surface area contributed by atoms with Crippen LogP contribution in [0.3, 0.4) is 0 Å². The lowest BCUT2D eigenvalue weighted by Gasteiger charge is -2.57. The standard InChI is InChI=1S/C13H14F3NO3S/c1-12(2)8-3-7-4-11(17-6-9(7)10(12)5-8)20-21(18,19)13(14,15)16/h4,6,8,10H,3,5H2,1-2H3/t8-,10-/m0/s1. The lowest BCUT2D eigenvalue weighted by Crippen LogP contribution is -2.48. The van der Waals surface area contributed by atoms with Crippen molar-refractivity contribution in [2.24, 2.45) is 11.3 Å². The lowest BCUT2D eigenvalue weighted by molar-refractivity contribution is -0.0501. The summed E-state index contributed by atoms with van der Waals surface area (Å²) < 4.78 is 62.9. The van der Waals surface area contributed by atoms with Gasteiger partial charge in [0.15, 0.2) is 0 Å². The maximum atomic E-state index is 12.3. The molecule has 0 saturated heterocycles. The summed E-state index contributed by atoms with van der Waals surface area (Å²) in [5.41, 5.74) is -3.47. The molecule has 0 N–H and O–H groups in total. The molecule has 1 heterocycles. The Kier molecular flexibility index (Phi) is 2.87. The molecule has 116 valence electrons. The van der Waals surface area contributed by atoms with E-state index in [1.807, 2.05) is 0 Å². The number of nitrogens with zero attached hydrogens (tertiary/aromatic N) is 1. The fourth-order valence-electron chi connectivity index (χ4n) is 3.34. The fourth-order valence-corrected chi connectivity index (χ4v) is 3.75. The SMILES string of the molecule is CC1(C)[C@H]2Cc3cc(OS(=O)(=O)C(F)(F)F)ncc3[C@@H]1C2. The summed E-state index contributed by atoms with van der Waals surface area (Å²) in [4.78, 5) is 3.73. The first-order valence-electron chi connectivity index (χ1n) is 6.52. The molecule has 2 bridgehead atoms. The van der Waals surface area contributed by atoms with Gasteiger partial charge in [0.25, 0.3) is 0 Å². The van der Waals surface area contributed by atoms with Gasteiger partial charge in [-0.1, -0.05) is 13.8 Å². The van der Waals surface area contributed by atoms with E-state index in [2.05, 4.69) is 23.0 Å². The summed E-state index contributed by atoms with van der Waals surface area (Å²) >= 11 is 0. The van der Waals surface area contributed by atoms with Crippen molar-refractivity contribution in [1.82, 2.24) is 4.98 Å². The average Bonchev–Trinajstić information content (AvgIpc) is 2.35. The molecular formula is C13H14F3NO3S. The van der Waals surface area contributed by atoms with Crippen LogP contribution in [-0.4, -0.2) is 18.9 Å². The molecule has 1 aromatic heterocycles. The van der Waals surface area contributed by atoms with Crippen molar-refractivity contribution in [2.45, 2.75) is 38.1 Å². The zero-order chi connectivity index (χ0) is 15.6. The lowest BCUT2D eigenvalue weighted by atomic mass is 9.48. The van der Waals surface area contributed by atoms with Gasteiger partial charge < -0.3 is 4.18 Å². The van der Waals surface area contributed by atoms with Crippen LogP contribution in [0.4, 0.5) is 13.2 Å². The highest BCUT2D eigenvalue weighted by molar-refractivity contribution is 7.87. The second-order valence-electron chi connectivity index (χ2n) is 6.22. The van der Waals surface area contributed by atoms with E-state index >= 15 is 0 Å². The van der Waals surface area contributed by atoms with E-state index in [9.17, 15) is 21.6 Å². The van der Waals surface area contributed by atoms with Gasteiger partial charge in [0, 0.05) is 12.3 Å². The second-order valence-corrected chi connectivity index (χ2v) is 7.75. The van der Waals surface area contributed by atoms with Crippen molar-refractivity contribution in [3.05, 3.63) is 23.4 Å². The van der Waals surface area contributed by atoms with Crippen LogP contribution in [0.25, 0.3) is 0 Å². The minimum Gasteiger partial charge on any atom is -0.355 e. The molecule has 3 aliphatic carbocycles. The number of alkyl halides is 3. The quantitative estimate of drug-likeness (QED) is 0.621. The summed E-state index contributed by atoms with van der Waals surface area (Å²) in [6.45, 7) is 4.32. The maximum absolute atomic E-state index is 12.3. The predicted molar refractivity (Wildman–Crippen MR) is 68.2 cm³/mol. The molecule has 1 aromatic rings. The van der Waals surface area contributed by atoms with Gasteiger partial charge in [0.1, 0.15) is 0 Å². The van der Waals surface area contributed by atoms with Gasteiger partial charge >= 0.3 is 15.6 Å². The largest absolute Gasteiger partial charge is 0.534 e. The second kappa shape index (κ2) is 4.12. The topological polar surface area (TPSA) is 56.3 Å². The third-order valence-corrected chi connectivity index (χ3v) is 5.75. The molecule has 3 aliphatic rings. The maximum Gasteiger partial charge on any atom is 0.534 e. The Balaban J connectivity index is 1.90. The van der Waals surface area contributed by atoms with Gasteiger partial charge in [-0.05, 0) is 41.2 Å². The third kappa shape index (κ3) is 2.11. The fraction of sp³-hybridized carbons (Fsp3) is 0.615. The number of halogens is 3. The Morgan fingerprint density at radius 1 is 1.38 bits per heavy atom. The number of hydrogen-bond donors (Lipinski definition) is 0. The van der Waals surface area contributed by atoms with Crippen LogP contribution in [0, 0.1) is 11.3 Å². The molecule has 0 aromatic carbocycles. The Labute approximate surface area is 120 Å². The van der Waals surface area contributed by atoms with E-state index in [1.54, 1.807) is 0 Å². The Morgan fingerprint density at radius 2 is 2.05 bits per heavy atom. The summed E-state index contributed by atoms with van der Waals surface area (Å²) in [7, 11) is -5.66. The van der Waals surface area contributed by atoms with Crippen LogP contribution in [0.1, 0.15) is 37.3 Å². The van der Waals surface area contributed by atoms with Crippen LogP contribution in [0.15, 0.2) is 12.3 Å². The molecule has 21 heavy (non-hydrogen) atoms. The molecule has 0 spiro atoms. The Bertz CT molecular complexity index is 697. The van der Waals surface area contributed by atoms with E-state index in [0.29, 0.717) is 18.3 Å². The molecule has 1 fully saturated rings. The van der Waals surface area contributed by atoms with Gasteiger partial charge in [0.2, 0.25) is 5.88 Å². The molecular weight excluding hydrogens is 307 g/mol. The number of hydrogen-bond acceptors (Lipinski definition) is 4. The highest BCUT2D eigenvalue weighted by Crippen LogP contribution is 2.62. The van der Waals surface area contributed by atoms with Crippen LogP contribution in [-0.2, 0) is 16.5 Å². The molecule has 0 aliphatic heterocycles. The zero-order valence-electron chi connectivity index (χ0n) is 11.4. The van der Waals surface area contributed by atoms with Crippen LogP contribution in [0.2, 0.25) is 0 Å². The Hall–Kier alpha value is -1.31. The van der Waals surface area contributed by atoms with Crippen molar-refractivity contribution in [3.63, 3.8) is 0 Å². The highest BCUT2D eigenvalue weighted by Gasteiger charge is 2.53. The van der Waals surface area contributed by atoms with Gasteiger partial charge in [0.05, 0.1) is 0 Å². The summed E-state index contributed by atoms with van der Waals surface area (Å²) in [5.74, 6) is 0.265. The molecule has 0 amide bonds. The van der Waals surface area contributed by atoms with Gasteiger partial charge in [-0.25, -0.2) is 4.98 Å². The minimum atomic E-state index is -5.66. The van der Waals surface area contributed by atoms with E-state index in [4.69, 9.17) is 0 Å². The van der Waals surface area contributed by atoms with E-state index in [1.165, 1.54) is 12.3 Å². The summed E-state index contributed by atoms with van der Waals surface area (Å²) in [6, 6.07) is 1.31.